The van der Waals surface area contributed by atoms with Gasteiger partial charge in [-0.15, -0.1) is 24.8 Å². The van der Waals surface area contributed by atoms with E-state index in [1.54, 1.807) is 0 Å². The van der Waals surface area contributed by atoms with Gasteiger partial charge in [0.15, 0.2) is 5.69 Å². The molecule has 4 nitrogen and oxygen atoms in total. The van der Waals surface area contributed by atoms with E-state index in [9.17, 15) is 31.1 Å². The summed E-state index contributed by atoms with van der Waals surface area (Å²) in [7, 11) is 0. The molecule has 1 aromatic rings. The van der Waals surface area contributed by atoms with Gasteiger partial charge in [-0.1, -0.05) is 0 Å². The van der Waals surface area contributed by atoms with Gasteiger partial charge < -0.3 is 9.84 Å². The van der Waals surface area contributed by atoms with Crippen LogP contribution >= 0.6 is 11.6 Å². The summed E-state index contributed by atoms with van der Waals surface area (Å²) in [6.45, 7) is 0. The lowest BCUT2D eigenvalue weighted by molar-refractivity contribution is -0.276. The maximum atomic E-state index is 12.6. The number of carbonyl (C=O) groups is 1. The minimum absolute atomic E-state index is 0.157. The van der Waals surface area contributed by atoms with Crippen molar-refractivity contribution < 1.29 is 41.0 Å². The van der Waals surface area contributed by atoms with Crippen molar-refractivity contribution in [1.29, 1.82) is 0 Å². The molecule has 1 heterocycles. The normalized spacial score (nSPS) is 12.3. The number of hydrogen-bond acceptors (Lipinski definition) is 3. The van der Waals surface area contributed by atoms with E-state index < -0.39 is 47.1 Å². The number of pyridine rings is 1. The lowest BCUT2D eigenvalue weighted by Crippen LogP contribution is -2.22. The maximum Gasteiger partial charge on any atom is 0.574 e. The van der Waals surface area contributed by atoms with Crippen LogP contribution in [0, 0.1) is 0 Å². The first-order chi connectivity index (χ1) is 8.95. The third kappa shape index (κ3) is 3.89. The predicted molar refractivity (Wildman–Crippen MR) is 52.4 cm³/mol. The molecular formula is C9H4ClF6NO3. The van der Waals surface area contributed by atoms with E-state index >= 15 is 0 Å². The van der Waals surface area contributed by atoms with E-state index in [1.165, 1.54) is 0 Å². The zero-order valence-corrected chi connectivity index (χ0v) is 9.90. The van der Waals surface area contributed by atoms with E-state index in [4.69, 9.17) is 16.7 Å². The van der Waals surface area contributed by atoms with Crippen LogP contribution in [-0.4, -0.2) is 22.4 Å². The number of aromatic carboxylic acids is 1. The summed E-state index contributed by atoms with van der Waals surface area (Å²) in [5, 5.41) is 8.58. The highest BCUT2D eigenvalue weighted by Gasteiger charge is 2.39. The first-order valence-electron chi connectivity index (χ1n) is 4.62. The molecule has 112 valence electrons. The first kappa shape index (κ1) is 16.3. The Morgan fingerprint density at radius 1 is 1.30 bits per heavy atom. The Balaban J connectivity index is 3.49. The average Bonchev–Trinajstić information content (AvgIpc) is 2.24. The lowest BCUT2D eigenvalue weighted by Gasteiger charge is -2.15. The van der Waals surface area contributed by atoms with E-state index in [0.29, 0.717) is 0 Å². The Kier molecular flexibility index (Phi) is 4.37. The van der Waals surface area contributed by atoms with Crippen LogP contribution in [0.15, 0.2) is 6.07 Å². The van der Waals surface area contributed by atoms with Gasteiger partial charge in [0.05, 0.1) is 11.4 Å². The summed E-state index contributed by atoms with van der Waals surface area (Å²) in [6, 6.07) is 0.157. The van der Waals surface area contributed by atoms with Crippen molar-refractivity contribution in [2.75, 3.05) is 0 Å². The van der Waals surface area contributed by atoms with Crippen LogP contribution in [0.1, 0.15) is 21.6 Å². The SMILES string of the molecule is O=C(O)c1nc(OC(F)(F)F)c(CCl)cc1C(F)(F)F. The summed E-state index contributed by atoms with van der Waals surface area (Å²) in [5.74, 6) is -4.26. The summed E-state index contributed by atoms with van der Waals surface area (Å²) >= 11 is 5.21. The smallest absolute Gasteiger partial charge is 0.476 e. The van der Waals surface area contributed by atoms with E-state index in [1.807, 2.05) is 0 Å². The average molecular weight is 324 g/mol. The third-order valence-corrected chi connectivity index (χ3v) is 2.21. The molecule has 0 amide bonds. The van der Waals surface area contributed by atoms with E-state index in [2.05, 4.69) is 9.72 Å². The number of rotatable bonds is 3. The molecule has 0 aliphatic carbocycles. The number of alkyl halides is 7. The van der Waals surface area contributed by atoms with Crippen molar-refractivity contribution in [2.24, 2.45) is 0 Å². The monoisotopic (exact) mass is 323 g/mol. The highest BCUT2D eigenvalue weighted by Crippen LogP contribution is 2.36. The van der Waals surface area contributed by atoms with Gasteiger partial charge in [0.1, 0.15) is 0 Å². The van der Waals surface area contributed by atoms with E-state index in [0.717, 1.165) is 0 Å². The molecule has 0 atom stereocenters. The molecule has 0 unspecified atom stereocenters. The number of carboxylic acids is 1. The summed E-state index contributed by atoms with van der Waals surface area (Å²) < 4.78 is 77.3. The summed E-state index contributed by atoms with van der Waals surface area (Å²) in [6.07, 6.45) is -10.4. The van der Waals surface area contributed by atoms with Gasteiger partial charge in [0.25, 0.3) is 0 Å². The van der Waals surface area contributed by atoms with Crippen molar-refractivity contribution in [3.63, 3.8) is 0 Å². The number of nitrogens with zero attached hydrogens (tertiary/aromatic N) is 1. The number of carboxylic acid groups (broad SMARTS) is 1. The van der Waals surface area contributed by atoms with Crippen molar-refractivity contribution in [3.05, 3.63) is 22.9 Å². The molecule has 0 radical (unpaired) electrons. The highest BCUT2D eigenvalue weighted by atomic mass is 35.5. The van der Waals surface area contributed by atoms with E-state index in [-0.39, 0.29) is 6.07 Å². The minimum atomic E-state index is -5.25. The molecule has 0 aliphatic rings. The highest BCUT2D eigenvalue weighted by molar-refractivity contribution is 6.17. The van der Waals surface area contributed by atoms with Crippen LogP contribution in [0.5, 0.6) is 5.88 Å². The molecule has 0 fully saturated rings. The van der Waals surface area contributed by atoms with Crippen LogP contribution < -0.4 is 4.74 Å². The summed E-state index contributed by atoms with van der Waals surface area (Å²) in [5.41, 5.74) is -4.05. The molecule has 20 heavy (non-hydrogen) atoms. The molecule has 0 aliphatic heterocycles. The molecule has 0 spiro atoms. The van der Waals surface area contributed by atoms with Gasteiger partial charge in [-0.2, -0.15) is 13.2 Å². The van der Waals surface area contributed by atoms with Gasteiger partial charge in [-0.25, -0.2) is 9.78 Å². The fraction of sp³-hybridized carbons (Fsp3) is 0.333. The van der Waals surface area contributed by atoms with Crippen molar-refractivity contribution in [3.8, 4) is 5.88 Å². The van der Waals surface area contributed by atoms with Crippen molar-refractivity contribution in [1.82, 2.24) is 4.98 Å². The first-order valence-corrected chi connectivity index (χ1v) is 5.15. The van der Waals surface area contributed by atoms with Crippen LogP contribution in [-0.2, 0) is 12.1 Å². The van der Waals surface area contributed by atoms with Crippen LogP contribution in [0.25, 0.3) is 0 Å². The fourth-order valence-electron chi connectivity index (χ4n) is 1.21. The van der Waals surface area contributed by atoms with Gasteiger partial charge in [-0.05, 0) is 6.07 Å². The zero-order valence-electron chi connectivity index (χ0n) is 9.14. The molecule has 0 bridgehead atoms. The Morgan fingerprint density at radius 2 is 1.85 bits per heavy atom. The molecule has 1 N–H and O–H groups in total. The largest absolute Gasteiger partial charge is 0.574 e. The molecule has 0 saturated carbocycles. The molecule has 0 aromatic carbocycles. The third-order valence-electron chi connectivity index (χ3n) is 1.93. The number of hydrogen-bond donors (Lipinski definition) is 1. The van der Waals surface area contributed by atoms with Gasteiger partial charge in [-0.3, -0.25) is 0 Å². The van der Waals surface area contributed by atoms with Gasteiger partial charge in [0, 0.05) is 5.56 Å². The molecule has 11 heteroatoms. The second-order valence-electron chi connectivity index (χ2n) is 3.33. The Bertz CT molecular complexity index is 528. The minimum Gasteiger partial charge on any atom is -0.476 e. The molecule has 1 aromatic heterocycles. The van der Waals surface area contributed by atoms with Crippen LogP contribution in [0.4, 0.5) is 26.3 Å². The second-order valence-corrected chi connectivity index (χ2v) is 3.60. The molecular weight excluding hydrogens is 320 g/mol. The number of ether oxygens (including phenoxy) is 1. The Hall–Kier alpha value is -1.71. The Morgan fingerprint density at radius 3 is 2.20 bits per heavy atom. The quantitative estimate of drug-likeness (QED) is 0.684. The Labute approximate surface area is 111 Å². The second kappa shape index (κ2) is 5.35. The molecule has 1 rings (SSSR count). The number of aromatic nitrogens is 1. The van der Waals surface area contributed by atoms with Crippen LogP contribution in [0.3, 0.4) is 0 Å². The van der Waals surface area contributed by atoms with Gasteiger partial charge >= 0.3 is 18.5 Å². The predicted octanol–water partition coefficient (Wildman–Crippen LogP) is 3.44. The maximum absolute atomic E-state index is 12.6. The fourth-order valence-corrected chi connectivity index (χ4v) is 1.40. The summed E-state index contributed by atoms with van der Waals surface area (Å²) in [4.78, 5) is 13.4. The zero-order chi connectivity index (χ0) is 15.7. The molecule has 0 saturated heterocycles. The topological polar surface area (TPSA) is 59.4 Å². The van der Waals surface area contributed by atoms with Crippen LogP contribution in [0.2, 0.25) is 0 Å². The van der Waals surface area contributed by atoms with Gasteiger partial charge in [0.2, 0.25) is 5.88 Å². The van der Waals surface area contributed by atoms with Crippen molar-refractivity contribution >= 4 is 17.6 Å². The lowest BCUT2D eigenvalue weighted by atomic mass is 10.1. The van der Waals surface area contributed by atoms with Crippen molar-refractivity contribution in [2.45, 2.75) is 18.4 Å². The standard InChI is InChI=1S/C9H4ClF6NO3/c10-2-3-1-4(8(11,12)13)5(7(18)19)17-6(3)20-9(14,15)16/h1H,2H2,(H,18,19). The number of halogens is 7.